The molecule has 0 aromatic carbocycles. The first kappa shape index (κ1) is 16.4. The highest BCUT2D eigenvalue weighted by molar-refractivity contribution is 5.97. The summed E-state index contributed by atoms with van der Waals surface area (Å²) in [5.41, 5.74) is 4.74. The zero-order valence-corrected chi connectivity index (χ0v) is 11.8. The highest BCUT2D eigenvalue weighted by Gasteiger charge is 2.24. The number of primary amides is 1. The first-order valence-electron chi connectivity index (χ1n) is 6.18. The number of carbonyl (C=O) groups excluding carboxylic acids is 2. The van der Waals surface area contributed by atoms with Crippen molar-refractivity contribution in [3.63, 3.8) is 0 Å². The van der Waals surface area contributed by atoms with E-state index in [1.165, 1.54) is 12.3 Å². The normalized spacial score (nSPS) is 11.3. The van der Waals surface area contributed by atoms with E-state index in [4.69, 9.17) is 10.8 Å². The van der Waals surface area contributed by atoms with Crippen LogP contribution in [0.3, 0.4) is 0 Å². The first-order valence-corrected chi connectivity index (χ1v) is 6.18. The molecule has 1 heterocycles. The predicted octanol–water partition coefficient (Wildman–Crippen LogP) is 0.563. The van der Waals surface area contributed by atoms with Crippen LogP contribution in [0.2, 0.25) is 0 Å². The molecule has 0 aliphatic heterocycles. The maximum atomic E-state index is 12.2. The summed E-state index contributed by atoms with van der Waals surface area (Å²) in [4.78, 5) is 37.6. The van der Waals surface area contributed by atoms with Crippen LogP contribution in [0.5, 0.6) is 0 Å². The molecular weight excluding hydrogens is 274 g/mol. The molecule has 7 heteroatoms. The molecule has 1 aromatic rings. The van der Waals surface area contributed by atoms with Gasteiger partial charge in [0.15, 0.2) is 0 Å². The summed E-state index contributed by atoms with van der Waals surface area (Å²) in [6.45, 7) is 3.32. The molecule has 112 valence electrons. The average molecular weight is 291 g/mol. The number of hydrogen-bond acceptors (Lipinski definition) is 4. The van der Waals surface area contributed by atoms with Gasteiger partial charge in [-0.3, -0.25) is 14.6 Å². The number of aromatic nitrogens is 1. The lowest BCUT2D eigenvalue weighted by molar-refractivity contribution is -0.131. The smallest absolute Gasteiger partial charge is 0.328 e. The Kier molecular flexibility index (Phi) is 5.18. The van der Waals surface area contributed by atoms with Crippen LogP contribution in [0.25, 0.3) is 6.08 Å². The molecule has 0 saturated carbocycles. The standard InChI is InChI=1S/C14H17N3O4/c1-14(2,8-10(15)18)17-13(21)12-9(4-3-7-16-12)5-6-11(19)20/h3-7H,8H2,1-2H3,(H2,15,18)(H,17,21)(H,19,20)/b6-5+. The molecule has 0 fully saturated rings. The lowest BCUT2D eigenvalue weighted by Crippen LogP contribution is -2.46. The maximum Gasteiger partial charge on any atom is 0.328 e. The molecule has 1 aromatic heterocycles. The third-order valence-electron chi connectivity index (χ3n) is 2.53. The number of carboxylic acid groups (broad SMARTS) is 1. The number of amides is 2. The zero-order chi connectivity index (χ0) is 16.0. The quantitative estimate of drug-likeness (QED) is 0.661. The van der Waals surface area contributed by atoms with Gasteiger partial charge in [-0.05, 0) is 26.0 Å². The Morgan fingerprint density at radius 2 is 2.10 bits per heavy atom. The number of rotatable bonds is 6. The highest BCUT2D eigenvalue weighted by Crippen LogP contribution is 2.12. The van der Waals surface area contributed by atoms with Crippen LogP contribution in [-0.2, 0) is 9.59 Å². The van der Waals surface area contributed by atoms with Crippen molar-refractivity contribution in [2.75, 3.05) is 0 Å². The minimum Gasteiger partial charge on any atom is -0.478 e. The van der Waals surface area contributed by atoms with Gasteiger partial charge in [-0.25, -0.2) is 4.79 Å². The summed E-state index contributed by atoms with van der Waals surface area (Å²) in [5.74, 6) is -2.17. The van der Waals surface area contributed by atoms with E-state index >= 15 is 0 Å². The molecule has 0 atom stereocenters. The SMILES string of the molecule is CC(C)(CC(N)=O)NC(=O)c1ncccc1/C=C/C(=O)O. The Morgan fingerprint density at radius 1 is 1.43 bits per heavy atom. The van der Waals surface area contributed by atoms with Crippen molar-refractivity contribution in [3.8, 4) is 0 Å². The maximum absolute atomic E-state index is 12.2. The number of hydrogen-bond donors (Lipinski definition) is 3. The molecule has 1 rings (SSSR count). The van der Waals surface area contributed by atoms with Gasteiger partial charge in [0, 0.05) is 29.8 Å². The Labute approximate surface area is 121 Å². The van der Waals surface area contributed by atoms with Gasteiger partial charge in [-0.2, -0.15) is 0 Å². The zero-order valence-electron chi connectivity index (χ0n) is 11.8. The van der Waals surface area contributed by atoms with E-state index in [-0.39, 0.29) is 12.1 Å². The van der Waals surface area contributed by atoms with Gasteiger partial charge in [-0.15, -0.1) is 0 Å². The fourth-order valence-electron chi connectivity index (χ4n) is 1.75. The van der Waals surface area contributed by atoms with Crippen LogP contribution in [-0.4, -0.2) is 33.4 Å². The van der Waals surface area contributed by atoms with E-state index in [0.717, 1.165) is 6.08 Å². The predicted molar refractivity (Wildman–Crippen MR) is 76.3 cm³/mol. The van der Waals surface area contributed by atoms with Crippen LogP contribution < -0.4 is 11.1 Å². The second kappa shape index (κ2) is 6.65. The van der Waals surface area contributed by atoms with Crippen molar-refractivity contribution in [2.45, 2.75) is 25.8 Å². The molecule has 0 saturated heterocycles. The van der Waals surface area contributed by atoms with E-state index in [2.05, 4.69) is 10.3 Å². The molecule has 0 unspecified atom stereocenters. The Bertz CT molecular complexity index is 594. The fraction of sp³-hybridized carbons (Fsp3) is 0.286. The van der Waals surface area contributed by atoms with Crippen molar-refractivity contribution in [1.29, 1.82) is 0 Å². The first-order chi connectivity index (χ1) is 9.71. The van der Waals surface area contributed by atoms with Crippen LogP contribution in [0, 0.1) is 0 Å². The van der Waals surface area contributed by atoms with Crippen LogP contribution in [0.4, 0.5) is 0 Å². The molecule has 0 aliphatic carbocycles. The Balaban J connectivity index is 2.97. The largest absolute Gasteiger partial charge is 0.478 e. The Hall–Kier alpha value is -2.70. The summed E-state index contributed by atoms with van der Waals surface area (Å²) in [5, 5.41) is 11.3. The van der Waals surface area contributed by atoms with Gasteiger partial charge in [-0.1, -0.05) is 6.07 Å². The highest BCUT2D eigenvalue weighted by atomic mass is 16.4. The third-order valence-corrected chi connectivity index (χ3v) is 2.53. The van der Waals surface area contributed by atoms with E-state index in [9.17, 15) is 14.4 Å². The molecule has 2 amide bonds. The summed E-state index contributed by atoms with van der Waals surface area (Å²) in [6.07, 6.45) is 3.60. The third kappa shape index (κ3) is 5.43. The average Bonchev–Trinajstić information content (AvgIpc) is 2.34. The number of aliphatic carboxylic acids is 1. The molecular formula is C14H17N3O4. The van der Waals surface area contributed by atoms with Gasteiger partial charge in [0.25, 0.3) is 5.91 Å². The van der Waals surface area contributed by atoms with E-state index in [0.29, 0.717) is 5.56 Å². The van der Waals surface area contributed by atoms with Crippen molar-refractivity contribution in [2.24, 2.45) is 5.73 Å². The van der Waals surface area contributed by atoms with Gasteiger partial charge in [0.1, 0.15) is 5.69 Å². The number of carboxylic acids is 1. The number of nitrogens with one attached hydrogen (secondary N) is 1. The Morgan fingerprint density at radius 3 is 2.67 bits per heavy atom. The number of nitrogens with two attached hydrogens (primary N) is 1. The minimum absolute atomic E-state index is 0.0220. The monoisotopic (exact) mass is 291 g/mol. The van der Waals surface area contributed by atoms with Crippen LogP contribution in [0.1, 0.15) is 36.3 Å². The van der Waals surface area contributed by atoms with E-state index in [1.54, 1.807) is 26.0 Å². The second-order valence-corrected chi connectivity index (χ2v) is 5.09. The number of carbonyl (C=O) groups is 3. The molecule has 0 radical (unpaired) electrons. The van der Waals surface area contributed by atoms with E-state index < -0.39 is 23.3 Å². The van der Waals surface area contributed by atoms with Crippen molar-refractivity contribution in [3.05, 3.63) is 35.7 Å². The fourth-order valence-corrected chi connectivity index (χ4v) is 1.75. The molecule has 21 heavy (non-hydrogen) atoms. The summed E-state index contributed by atoms with van der Waals surface area (Å²) in [6, 6.07) is 3.16. The molecule has 0 aliphatic rings. The summed E-state index contributed by atoms with van der Waals surface area (Å²) >= 11 is 0. The lowest BCUT2D eigenvalue weighted by atomic mass is 9.99. The summed E-state index contributed by atoms with van der Waals surface area (Å²) in [7, 11) is 0. The molecule has 0 spiro atoms. The van der Waals surface area contributed by atoms with Gasteiger partial charge in [0.05, 0.1) is 0 Å². The topological polar surface area (TPSA) is 122 Å². The van der Waals surface area contributed by atoms with Gasteiger partial charge in [0.2, 0.25) is 5.91 Å². The minimum atomic E-state index is -1.13. The van der Waals surface area contributed by atoms with Crippen LogP contribution >= 0.6 is 0 Å². The van der Waals surface area contributed by atoms with Crippen molar-refractivity contribution in [1.82, 2.24) is 10.3 Å². The van der Waals surface area contributed by atoms with Gasteiger partial charge < -0.3 is 16.2 Å². The van der Waals surface area contributed by atoms with Crippen LogP contribution in [0.15, 0.2) is 24.4 Å². The van der Waals surface area contributed by atoms with Crippen molar-refractivity contribution >= 4 is 23.9 Å². The van der Waals surface area contributed by atoms with E-state index in [1.807, 2.05) is 0 Å². The van der Waals surface area contributed by atoms with Crippen molar-refractivity contribution < 1.29 is 19.5 Å². The lowest BCUT2D eigenvalue weighted by Gasteiger charge is -2.24. The molecule has 7 nitrogen and oxygen atoms in total. The number of nitrogens with zero attached hydrogens (tertiary/aromatic N) is 1. The summed E-state index contributed by atoms with van der Waals surface area (Å²) < 4.78 is 0. The van der Waals surface area contributed by atoms with Gasteiger partial charge >= 0.3 is 5.97 Å². The molecule has 4 N–H and O–H groups in total. The second-order valence-electron chi connectivity index (χ2n) is 5.09. The number of pyridine rings is 1. The molecule has 0 bridgehead atoms.